The first-order valence-electron chi connectivity index (χ1n) is 7.29. The summed E-state index contributed by atoms with van der Waals surface area (Å²) in [6.07, 6.45) is 4.29. The Kier molecular flexibility index (Phi) is 5.16. The number of aryl methyl sites for hydroxylation is 1. The summed E-state index contributed by atoms with van der Waals surface area (Å²) in [7, 11) is 0. The minimum Gasteiger partial charge on any atom is -0.344 e. The third-order valence-corrected chi connectivity index (χ3v) is 3.66. The Hall–Kier alpha value is -1.84. The Bertz CT molecular complexity index is 460. The number of rotatable bonds is 2. The zero-order valence-corrected chi connectivity index (χ0v) is 12.0. The molecule has 108 valence electrons. The van der Waals surface area contributed by atoms with Gasteiger partial charge in [-0.3, -0.25) is 9.59 Å². The zero-order valence-electron chi connectivity index (χ0n) is 12.0. The summed E-state index contributed by atoms with van der Waals surface area (Å²) in [6.45, 7) is 3.83. The van der Waals surface area contributed by atoms with Gasteiger partial charge in [-0.05, 0) is 25.3 Å². The lowest BCUT2D eigenvalue weighted by atomic mass is 10.1. The lowest BCUT2D eigenvalue weighted by Crippen LogP contribution is -2.43. The molecule has 1 aliphatic heterocycles. The zero-order chi connectivity index (χ0) is 14.4. The number of hydrogen-bond donors (Lipinski definition) is 1. The van der Waals surface area contributed by atoms with Crippen molar-refractivity contribution >= 4 is 11.8 Å². The van der Waals surface area contributed by atoms with Crippen LogP contribution in [0.4, 0.5) is 0 Å². The Balaban J connectivity index is 1.84. The second-order valence-electron chi connectivity index (χ2n) is 5.37. The van der Waals surface area contributed by atoms with Crippen LogP contribution in [0.25, 0.3) is 0 Å². The predicted molar refractivity (Wildman–Crippen MR) is 78.1 cm³/mol. The largest absolute Gasteiger partial charge is 0.344 e. The monoisotopic (exact) mass is 274 g/mol. The summed E-state index contributed by atoms with van der Waals surface area (Å²) in [6, 6.07) is 7.92. The normalized spacial score (nSPS) is 15.6. The molecule has 0 aliphatic carbocycles. The van der Waals surface area contributed by atoms with Crippen LogP contribution >= 0.6 is 0 Å². The summed E-state index contributed by atoms with van der Waals surface area (Å²) in [4.78, 5) is 25.6. The minimum atomic E-state index is -0.493. The molecule has 4 nitrogen and oxygen atoms in total. The van der Waals surface area contributed by atoms with Crippen LogP contribution in [0.5, 0.6) is 0 Å². The Morgan fingerprint density at radius 2 is 1.65 bits per heavy atom. The van der Waals surface area contributed by atoms with E-state index in [4.69, 9.17) is 0 Å². The molecule has 1 aromatic carbocycles. The van der Waals surface area contributed by atoms with E-state index in [1.54, 1.807) is 4.90 Å². The molecular weight excluding hydrogens is 252 g/mol. The molecule has 20 heavy (non-hydrogen) atoms. The third kappa shape index (κ3) is 4.08. The maximum Gasteiger partial charge on any atom is 0.311 e. The fraction of sp³-hybridized carbons (Fsp3) is 0.500. The van der Waals surface area contributed by atoms with Crippen molar-refractivity contribution < 1.29 is 9.59 Å². The van der Waals surface area contributed by atoms with Crippen LogP contribution in [0.3, 0.4) is 0 Å². The summed E-state index contributed by atoms with van der Waals surface area (Å²) in [5.74, 6) is -0.883. The minimum absolute atomic E-state index is 0.390. The number of carbonyl (C=O) groups is 2. The third-order valence-electron chi connectivity index (χ3n) is 3.66. The Labute approximate surface area is 120 Å². The van der Waals surface area contributed by atoms with Crippen LogP contribution in [0.1, 0.15) is 36.8 Å². The average Bonchev–Trinajstić information content (AvgIpc) is 2.74. The molecule has 0 spiro atoms. The number of hydrogen-bond acceptors (Lipinski definition) is 2. The van der Waals surface area contributed by atoms with Gasteiger partial charge in [-0.1, -0.05) is 42.7 Å². The molecule has 0 bridgehead atoms. The quantitative estimate of drug-likeness (QED) is 0.839. The maximum absolute atomic E-state index is 12.0. The molecule has 2 amide bonds. The first-order chi connectivity index (χ1) is 9.66. The van der Waals surface area contributed by atoms with E-state index in [9.17, 15) is 9.59 Å². The Morgan fingerprint density at radius 1 is 1.05 bits per heavy atom. The van der Waals surface area contributed by atoms with E-state index in [0.29, 0.717) is 19.6 Å². The van der Waals surface area contributed by atoms with Gasteiger partial charge >= 0.3 is 11.8 Å². The van der Waals surface area contributed by atoms with E-state index in [1.165, 1.54) is 5.56 Å². The van der Waals surface area contributed by atoms with E-state index in [2.05, 4.69) is 5.32 Å². The summed E-state index contributed by atoms with van der Waals surface area (Å²) in [5, 5.41) is 2.71. The highest BCUT2D eigenvalue weighted by Gasteiger charge is 2.22. The van der Waals surface area contributed by atoms with Crippen molar-refractivity contribution in [2.75, 3.05) is 13.1 Å². The summed E-state index contributed by atoms with van der Waals surface area (Å²) >= 11 is 0. The molecule has 0 unspecified atom stereocenters. The molecule has 1 heterocycles. The molecule has 1 fully saturated rings. The molecular formula is C16H22N2O2. The van der Waals surface area contributed by atoms with Gasteiger partial charge in [-0.15, -0.1) is 0 Å². The van der Waals surface area contributed by atoms with Crippen LogP contribution in [0.2, 0.25) is 0 Å². The van der Waals surface area contributed by atoms with Crippen molar-refractivity contribution in [2.24, 2.45) is 0 Å². The van der Waals surface area contributed by atoms with E-state index in [1.807, 2.05) is 31.2 Å². The van der Waals surface area contributed by atoms with Crippen LogP contribution in [-0.4, -0.2) is 29.8 Å². The standard InChI is InChI=1S/C16H22N2O2/c1-13-6-8-14(9-7-13)12-17-15(19)16(20)18-10-4-2-3-5-11-18/h6-9H,2-5,10-12H2,1H3,(H,17,19). The second kappa shape index (κ2) is 7.08. The number of benzene rings is 1. The molecule has 1 N–H and O–H groups in total. The van der Waals surface area contributed by atoms with Crippen LogP contribution < -0.4 is 5.32 Å². The van der Waals surface area contributed by atoms with Gasteiger partial charge in [0.15, 0.2) is 0 Å². The molecule has 4 heteroatoms. The molecule has 2 rings (SSSR count). The fourth-order valence-corrected chi connectivity index (χ4v) is 2.38. The van der Waals surface area contributed by atoms with E-state index < -0.39 is 5.91 Å². The van der Waals surface area contributed by atoms with Gasteiger partial charge in [0.2, 0.25) is 0 Å². The summed E-state index contributed by atoms with van der Waals surface area (Å²) < 4.78 is 0. The second-order valence-corrected chi connectivity index (χ2v) is 5.37. The predicted octanol–water partition coefficient (Wildman–Crippen LogP) is 2.01. The van der Waals surface area contributed by atoms with Crippen molar-refractivity contribution in [1.82, 2.24) is 10.2 Å². The number of nitrogens with one attached hydrogen (secondary N) is 1. The van der Waals surface area contributed by atoms with Gasteiger partial charge in [-0.25, -0.2) is 0 Å². The van der Waals surface area contributed by atoms with Gasteiger partial charge in [0.1, 0.15) is 0 Å². The topological polar surface area (TPSA) is 49.4 Å². The van der Waals surface area contributed by atoms with E-state index in [-0.39, 0.29) is 5.91 Å². The smallest absolute Gasteiger partial charge is 0.311 e. The summed E-state index contributed by atoms with van der Waals surface area (Å²) in [5.41, 5.74) is 2.19. The molecule has 0 aromatic heterocycles. The number of carbonyl (C=O) groups excluding carboxylic acids is 2. The lowest BCUT2D eigenvalue weighted by molar-refractivity contribution is -0.145. The first kappa shape index (κ1) is 14.6. The van der Waals surface area contributed by atoms with E-state index >= 15 is 0 Å². The molecule has 1 aromatic rings. The first-order valence-corrected chi connectivity index (χ1v) is 7.29. The molecule has 1 saturated heterocycles. The van der Waals surface area contributed by atoms with Crippen LogP contribution in [0.15, 0.2) is 24.3 Å². The van der Waals surface area contributed by atoms with E-state index in [0.717, 1.165) is 31.2 Å². The molecule has 0 atom stereocenters. The van der Waals surface area contributed by atoms with Crippen molar-refractivity contribution in [3.05, 3.63) is 35.4 Å². The van der Waals surface area contributed by atoms with Crippen LogP contribution in [-0.2, 0) is 16.1 Å². The van der Waals surface area contributed by atoms with Crippen molar-refractivity contribution in [2.45, 2.75) is 39.2 Å². The SMILES string of the molecule is Cc1ccc(CNC(=O)C(=O)N2CCCCCC2)cc1. The average molecular weight is 274 g/mol. The van der Waals surface area contributed by atoms with Crippen molar-refractivity contribution in [1.29, 1.82) is 0 Å². The van der Waals surface area contributed by atoms with Gasteiger partial charge in [0.25, 0.3) is 0 Å². The van der Waals surface area contributed by atoms with Gasteiger partial charge in [0.05, 0.1) is 0 Å². The van der Waals surface area contributed by atoms with Gasteiger partial charge in [0, 0.05) is 19.6 Å². The highest BCUT2D eigenvalue weighted by Crippen LogP contribution is 2.09. The highest BCUT2D eigenvalue weighted by atomic mass is 16.2. The molecule has 0 radical (unpaired) electrons. The van der Waals surface area contributed by atoms with Gasteiger partial charge < -0.3 is 10.2 Å². The van der Waals surface area contributed by atoms with Crippen molar-refractivity contribution in [3.8, 4) is 0 Å². The Morgan fingerprint density at radius 3 is 2.25 bits per heavy atom. The highest BCUT2D eigenvalue weighted by molar-refractivity contribution is 6.34. The number of amides is 2. The lowest BCUT2D eigenvalue weighted by Gasteiger charge is -2.19. The maximum atomic E-state index is 12.0. The van der Waals surface area contributed by atoms with Gasteiger partial charge in [-0.2, -0.15) is 0 Å². The van der Waals surface area contributed by atoms with Crippen LogP contribution in [0, 0.1) is 6.92 Å². The fourth-order valence-electron chi connectivity index (χ4n) is 2.38. The molecule has 1 aliphatic rings. The number of nitrogens with zero attached hydrogens (tertiary/aromatic N) is 1. The number of likely N-dealkylation sites (tertiary alicyclic amines) is 1. The van der Waals surface area contributed by atoms with Crippen molar-refractivity contribution in [3.63, 3.8) is 0 Å². The molecule has 0 saturated carbocycles.